The van der Waals surface area contributed by atoms with Gasteiger partial charge in [-0.3, -0.25) is 0 Å². The molecule has 1 N–H and O–H groups in total. The molecule has 0 saturated heterocycles. The zero-order valence-electron chi connectivity index (χ0n) is 12.7. The summed E-state index contributed by atoms with van der Waals surface area (Å²) in [6, 6.07) is 6.42. The molecule has 0 aromatic heterocycles. The number of benzene rings is 1. The summed E-state index contributed by atoms with van der Waals surface area (Å²) in [5.41, 5.74) is 2.07. The van der Waals surface area contributed by atoms with Crippen molar-refractivity contribution in [2.45, 2.75) is 52.2 Å². The molecule has 0 amide bonds. The maximum absolute atomic E-state index is 6.26. The number of hydrogen-bond donors (Lipinski definition) is 1. The second-order valence-corrected chi connectivity index (χ2v) is 5.67. The van der Waals surface area contributed by atoms with Crippen LogP contribution in [0.2, 0.25) is 5.02 Å². The third-order valence-corrected chi connectivity index (χ3v) is 4.31. The lowest BCUT2D eigenvalue weighted by Crippen LogP contribution is -2.43. The number of halogens is 1. The Hall–Kier alpha value is -0.570. The Labute approximate surface area is 122 Å². The third-order valence-electron chi connectivity index (χ3n) is 3.91. The Morgan fingerprint density at radius 2 is 2.05 bits per heavy atom. The SMILES string of the molecule is CCCNC(c1ccc(C)c(Cl)c1)C(C)(CC)OC. The molecular formula is C16H26ClNO. The molecule has 0 heterocycles. The van der Waals surface area contributed by atoms with Crippen LogP contribution in [-0.4, -0.2) is 19.3 Å². The predicted molar refractivity (Wildman–Crippen MR) is 82.9 cm³/mol. The number of ether oxygens (including phenoxy) is 1. The lowest BCUT2D eigenvalue weighted by atomic mass is 9.87. The van der Waals surface area contributed by atoms with E-state index in [-0.39, 0.29) is 11.6 Å². The maximum Gasteiger partial charge on any atom is 0.0841 e. The molecule has 0 saturated carbocycles. The minimum atomic E-state index is -0.228. The lowest BCUT2D eigenvalue weighted by Gasteiger charge is -2.37. The molecule has 2 nitrogen and oxygen atoms in total. The molecule has 0 aliphatic rings. The zero-order valence-corrected chi connectivity index (χ0v) is 13.5. The van der Waals surface area contributed by atoms with Crippen molar-refractivity contribution >= 4 is 11.6 Å². The molecule has 0 spiro atoms. The van der Waals surface area contributed by atoms with Crippen LogP contribution in [0, 0.1) is 6.92 Å². The first-order chi connectivity index (χ1) is 8.98. The summed E-state index contributed by atoms with van der Waals surface area (Å²) in [5.74, 6) is 0. The highest BCUT2D eigenvalue weighted by Crippen LogP contribution is 2.33. The molecule has 1 rings (SSSR count). The molecule has 2 atom stereocenters. The van der Waals surface area contributed by atoms with Gasteiger partial charge in [-0.15, -0.1) is 0 Å². The van der Waals surface area contributed by atoms with Crippen LogP contribution < -0.4 is 5.32 Å². The van der Waals surface area contributed by atoms with E-state index in [0.717, 1.165) is 30.0 Å². The monoisotopic (exact) mass is 283 g/mol. The molecule has 1 aromatic rings. The number of methoxy groups -OCH3 is 1. The molecule has 0 radical (unpaired) electrons. The lowest BCUT2D eigenvalue weighted by molar-refractivity contribution is -0.0299. The number of aryl methyl sites for hydroxylation is 1. The van der Waals surface area contributed by atoms with Crippen molar-refractivity contribution < 1.29 is 4.74 Å². The summed E-state index contributed by atoms with van der Waals surface area (Å²) in [6.07, 6.45) is 2.04. The summed E-state index contributed by atoms with van der Waals surface area (Å²) < 4.78 is 5.77. The Balaban J connectivity index is 3.11. The van der Waals surface area contributed by atoms with Crippen molar-refractivity contribution in [3.8, 4) is 0 Å². The van der Waals surface area contributed by atoms with Crippen molar-refractivity contribution in [2.75, 3.05) is 13.7 Å². The fourth-order valence-corrected chi connectivity index (χ4v) is 2.42. The summed E-state index contributed by atoms with van der Waals surface area (Å²) in [5, 5.41) is 4.41. The topological polar surface area (TPSA) is 21.3 Å². The summed E-state index contributed by atoms with van der Waals surface area (Å²) in [6.45, 7) is 9.46. The molecule has 3 heteroatoms. The molecule has 108 valence electrons. The van der Waals surface area contributed by atoms with Crippen LogP contribution in [0.25, 0.3) is 0 Å². The van der Waals surface area contributed by atoms with Crippen LogP contribution in [-0.2, 0) is 4.74 Å². The second kappa shape index (κ2) is 7.28. The standard InChI is InChI=1S/C16H26ClNO/c1-6-10-18-15(16(4,7-2)19-5)13-9-8-12(3)14(17)11-13/h8-9,11,15,18H,6-7,10H2,1-5H3. The van der Waals surface area contributed by atoms with Crippen molar-refractivity contribution in [3.63, 3.8) is 0 Å². The largest absolute Gasteiger partial charge is 0.377 e. The van der Waals surface area contributed by atoms with Crippen LogP contribution in [0.15, 0.2) is 18.2 Å². The molecule has 19 heavy (non-hydrogen) atoms. The van der Waals surface area contributed by atoms with Gasteiger partial charge in [-0.1, -0.05) is 37.6 Å². The van der Waals surface area contributed by atoms with Gasteiger partial charge < -0.3 is 10.1 Å². The summed E-state index contributed by atoms with van der Waals surface area (Å²) in [4.78, 5) is 0. The first-order valence-corrected chi connectivity index (χ1v) is 7.40. The molecule has 0 aliphatic carbocycles. The highest BCUT2D eigenvalue weighted by Gasteiger charge is 2.33. The quantitative estimate of drug-likeness (QED) is 0.795. The first-order valence-electron chi connectivity index (χ1n) is 7.03. The highest BCUT2D eigenvalue weighted by molar-refractivity contribution is 6.31. The van der Waals surface area contributed by atoms with E-state index in [1.54, 1.807) is 7.11 Å². The minimum Gasteiger partial charge on any atom is -0.377 e. The van der Waals surface area contributed by atoms with E-state index in [1.807, 2.05) is 6.92 Å². The Kier molecular flexibility index (Phi) is 6.31. The van der Waals surface area contributed by atoms with E-state index in [0.29, 0.717) is 0 Å². The number of nitrogens with one attached hydrogen (secondary N) is 1. The molecule has 1 aromatic carbocycles. The van der Waals surface area contributed by atoms with Crippen molar-refractivity contribution in [2.24, 2.45) is 0 Å². The van der Waals surface area contributed by atoms with E-state index >= 15 is 0 Å². The van der Waals surface area contributed by atoms with Gasteiger partial charge in [0.2, 0.25) is 0 Å². The van der Waals surface area contributed by atoms with Gasteiger partial charge in [0.15, 0.2) is 0 Å². The molecule has 2 unspecified atom stereocenters. The smallest absolute Gasteiger partial charge is 0.0841 e. The first kappa shape index (κ1) is 16.5. The van der Waals surface area contributed by atoms with Gasteiger partial charge >= 0.3 is 0 Å². The average molecular weight is 284 g/mol. The van der Waals surface area contributed by atoms with Crippen LogP contribution in [0.1, 0.15) is 50.8 Å². The van der Waals surface area contributed by atoms with Crippen molar-refractivity contribution in [1.82, 2.24) is 5.32 Å². The van der Waals surface area contributed by atoms with Crippen molar-refractivity contribution in [3.05, 3.63) is 34.3 Å². The second-order valence-electron chi connectivity index (χ2n) is 5.27. The highest BCUT2D eigenvalue weighted by atomic mass is 35.5. The third kappa shape index (κ3) is 3.95. The van der Waals surface area contributed by atoms with Gasteiger partial charge in [0.05, 0.1) is 11.6 Å². The normalized spacial score (nSPS) is 16.1. The fourth-order valence-electron chi connectivity index (χ4n) is 2.23. The summed E-state index contributed by atoms with van der Waals surface area (Å²) in [7, 11) is 1.78. The van der Waals surface area contributed by atoms with Crippen LogP contribution in [0.5, 0.6) is 0 Å². The molecular weight excluding hydrogens is 258 g/mol. The number of hydrogen-bond acceptors (Lipinski definition) is 2. The van der Waals surface area contributed by atoms with Gasteiger partial charge in [-0.05, 0) is 50.4 Å². The minimum absolute atomic E-state index is 0.153. The Morgan fingerprint density at radius 1 is 1.37 bits per heavy atom. The fraction of sp³-hybridized carbons (Fsp3) is 0.625. The van der Waals surface area contributed by atoms with Gasteiger partial charge in [0.25, 0.3) is 0 Å². The van der Waals surface area contributed by atoms with E-state index < -0.39 is 0 Å². The van der Waals surface area contributed by atoms with Gasteiger partial charge in [0, 0.05) is 12.1 Å². The molecule has 0 fully saturated rings. The average Bonchev–Trinajstić information content (AvgIpc) is 2.42. The Bertz CT molecular complexity index is 402. The predicted octanol–water partition coefficient (Wildman–Crippen LogP) is 4.50. The molecule has 0 bridgehead atoms. The number of rotatable bonds is 7. The van der Waals surface area contributed by atoms with Crippen LogP contribution >= 0.6 is 11.6 Å². The molecule has 0 aliphatic heterocycles. The zero-order chi connectivity index (χ0) is 14.5. The van der Waals surface area contributed by atoms with E-state index in [9.17, 15) is 0 Å². The Morgan fingerprint density at radius 3 is 2.53 bits per heavy atom. The van der Waals surface area contributed by atoms with Crippen LogP contribution in [0.4, 0.5) is 0 Å². The van der Waals surface area contributed by atoms with Crippen molar-refractivity contribution in [1.29, 1.82) is 0 Å². The van der Waals surface area contributed by atoms with Gasteiger partial charge in [-0.2, -0.15) is 0 Å². The summed E-state index contributed by atoms with van der Waals surface area (Å²) >= 11 is 6.26. The van der Waals surface area contributed by atoms with Crippen LogP contribution in [0.3, 0.4) is 0 Å². The van der Waals surface area contributed by atoms with E-state index in [2.05, 4.69) is 44.3 Å². The van der Waals surface area contributed by atoms with Gasteiger partial charge in [0.1, 0.15) is 0 Å². The van der Waals surface area contributed by atoms with Gasteiger partial charge in [-0.25, -0.2) is 0 Å². The van der Waals surface area contributed by atoms with E-state index in [1.165, 1.54) is 5.56 Å². The maximum atomic E-state index is 6.26. The van der Waals surface area contributed by atoms with E-state index in [4.69, 9.17) is 16.3 Å².